The van der Waals surface area contributed by atoms with Crippen molar-refractivity contribution in [3.05, 3.63) is 57.0 Å². The summed E-state index contributed by atoms with van der Waals surface area (Å²) in [6, 6.07) is 12.7. The molecule has 1 N–H and O–H groups in total. The normalized spacial score (nSPS) is 12.0. The van der Waals surface area contributed by atoms with Gasteiger partial charge in [-0.1, -0.05) is 31.9 Å². The topological polar surface area (TPSA) is 59.9 Å². The van der Waals surface area contributed by atoms with E-state index in [1.165, 1.54) is 6.21 Å². The Balaban J connectivity index is 1.93. The minimum absolute atomic E-state index is 0.340. The summed E-state index contributed by atoms with van der Waals surface area (Å²) in [6.07, 6.45) is 0.869. The molecule has 2 rings (SSSR count). The van der Waals surface area contributed by atoms with Crippen molar-refractivity contribution in [2.45, 2.75) is 13.0 Å². The van der Waals surface area contributed by atoms with Crippen molar-refractivity contribution in [1.29, 1.82) is 0 Å². The molecule has 126 valence electrons. The lowest BCUT2D eigenvalue weighted by molar-refractivity contribution is -0.127. The predicted molar refractivity (Wildman–Crippen MR) is 101 cm³/mol. The van der Waals surface area contributed by atoms with Gasteiger partial charge in [0.1, 0.15) is 11.5 Å². The van der Waals surface area contributed by atoms with Crippen LogP contribution in [0.2, 0.25) is 0 Å². The van der Waals surface area contributed by atoms with Gasteiger partial charge in [0.15, 0.2) is 6.10 Å². The first-order valence-corrected chi connectivity index (χ1v) is 8.67. The summed E-state index contributed by atoms with van der Waals surface area (Å²) in [5.74, 6) is 0.978. The van der Waals surface area contributed by atoms with Crippen LogP contribution in [0.25, 0.3) is 0 Å². The van der Waals surface area contributed by atoms with Crippen LogP contribution in [0.5, 0.6) is 11.5 Å². The zero-order valence-corrected chi connectivity index (χ0v) is 16.3. The van der Waals surface area contributed by atoms with Gasteiger partial charge in [0.05, 0.1) is 13.3 Å². The number of nitrogens with zero attached hydrogens (tertiary/aromatic N) is 1. The van der Waals surface area contributed by atoms with Crippen LogP contribution in [0.3, 0.4) is 0 Å². The molecule has 0 aliphatic carbocycles. The van der Waals surface area contributed by atoms with Crippen LogP contribution < -0.4 is 14.9 Å². The highest BCUT2D eigenvalue weighted by molar-refractivity contribution is 9.10. The van der Waals surface area contributed by atoms with Crippen LogP contribution in [-0.2, 0) is 4.79 Å². The number of hydrogen-bond donors (Lipinski definition) is 1. The van der Waals surface area contributed by atoms with Gasteiger partial charge in [-0.05, 0) is 49.4 Å². The van der Waals surface area contributed by atoms with Crippen molar-refractivity contribution in [3.63, 3.8) is 0 Å². The van der Waals surface area contributed by atoms with E-state index in [-0.39, 0.29) is 5.91 Å². The van der Waals surface area contributed by atoms with Crippen LogP contribution in [0, 0.1) is 0 Å². The Labute approximate surface area is 157 Å². The largest absolute Gasteiger partial charge is 0.497 e. The fraction of sp³-hybridized carbons (Fsp3) is 0.176. The lowest BCUT2D eigenvalue weighted by Gasteiger charge is -2.12. The average Bonchev–Trinajstić information content (AvgIpc) is 2.58. The highest BCUT2D eigenvalue weighted by atomic mass is 79.9. The summed E-state index contributed by atoms with van der Waals surface area (Å²) in [4.78, 5) is 12.0. The van der Waals surface area contributed by atoms with E-state index >= 15 is 0 Å². The first kappa shape index (κ1) is 18.5. The van der Waals surface area contributed by atoms with Gasteiger partial charge in [-0.2, -0.15) is 5.10 Å². The minimum atomic E-state index is -0.669. The molecule has 0 aliphatic heterocycles. The third-order valence-corrected chi connectivity index (χ3v) is 4.33. The number of hydrogen-bond acceptors (Lipinski definition) is 4. The summed E-state index contributed by atoms with van der Waals surface area (Å²) in [7, 11) is 1.59. The third kappa shape index (κ3) is 5.35. The highest BCUT2D eigenvalue weighted by Gasteiger charge is 2.13. The summed E-state index contributed by atoms with van der Waals surface area (Å²) >= 11 is 6.76. The van der Waals surface area contributed by atoms with Gasteiger partial charge >= 0.3 is 0 Å². The molecule has 0 heterocycles. The van der Waals surface area contributed by atoms with Crippen molar-refractivity contribution in [1.82, 2.24) is 5.43 Å². The fourth-order valence-corrected chi connectivity index (χ4v) is 2.39. The lowest BCUT2D eigenvalue weighted by atomic mass is 10.2. The second kappa shape index (κ2) is 8.84. The molecular weight excluding hydrogens is 440 g/mol. The van der Waals surface area contributed by atoms with Gasteiger partial charge < -0.3 is 9.47 Å². The average molecular weight is 456 g/mol. The molecule has 0 aliphatic rings. The van der Waals surface area contributed by atoms with Crippen LogP contribution in [-0.4, -0.2) is 25.3 Å². The highest BCUT2D eigenvalue weighted by Crippen LogP contribution is 2.21. The zero-order chi connectivity index (χ0) is 17.5. The number of nitrogens with one attached hydrogen (secondary N) is 1. The number of benzene rings is 2. The van der Waals surface area contributed by atoms with E-state index in [1.54, 1.807) is 26.2 Å². The van der Waals surface area contributed by atoms with Gasteiger partial charge in [-0.25, -0.2) is 5.43 Å². The molecule has 0 aromatic heterocycles. The Bertz CT molecular complexity index is 733. The number of methoxy groups -OCH3 is 1. The Kier molecular flexibility index (Phi) is 6.81. The molecule has 0 bridgehead atoms. The first-order valence-electron chi connectivity index (χ1n) is 7.08. The first-order chi connectivity index (χ1) is 11.5. The number of halogens is 2. The number of ether oxygens (including phenoxy) is 2. The molecule has 0 fully saturated rings. The van der Waals surface area contributed by atoms with E-state index in [1.807, 2.05) is 30.3 Å². The predicted octanol–water partition coefficient (Wildman–Crippen LogP) is 4.14. The molecule has 24 heavy (non-hydrogen) atoms. The number of hydrazone groups is 1. The molecule has 1 atom stereocenters. The second-order valence-electron chi connectivity index (χ2n) is 4.84. The van der Waals surface area contributed by atoms with E-state index < -0.39 is 6.10 Å². The summed E-state index contributed by atoms with van der Waals surface area (Å²) in [5, 5.41) is 3.96. The zero-order valence-electron chi connectivity index (χ0n) is 13.1. The van der Waals surface area contributed by atoms with E-state index in [9.17, 15) is 4.79 Å². The monoisotopic (exact) mass is 454 g/mol. The Morgan fingerprint density at radius 2 is 1.83 bits per heavy atom. The Morgan fingerprint density at radius 3 is 2.50 bits per heavy atom. The van der Waals surface area contributed by atoms with Gasteiger partial charge in [-0.3, -0.25) is 4.79 Å². The lowest BCUT2D eigenvalue weighted by Crippen LogP contribution is -2.33. The molecule has 0 spiro atoms. The van der Waals surface area contributed by atoms with Crippen LogP contribution >= 0.6 is 31.9 Å². The molecular formula is C17H16Br2N2O3. The minimum Gasteiger partial charge on any atom is -0.497 e. The van der Waals surface area contributed by atoms with Crippen molar-refractivity contribution < 1.29 is 14.3 Å². The maximum atomic E-state index is 12.0. The number of amides is 1. The SMILES string of the molecule is COc1ccc(Br)c(C=NNC(=O)C(C)Oc2ccc(Br)cc2)c1. The fourth-order valence-electron chi connectivity index (χ4n) is 1.77. The summed E-state index contributed by atoms with van der Waals surface area (Å²) < 4.78 is 12.5. The number of rotatable bonds is 6. The summed E-state index contributed by atoms with van der Waals surface area (Å²) in [6.45, 7) is 1.66. The quantitative estimate of drug-likeness (QED) is 0.526. The molecule has 2 aromatic carbocycles. The van der Waals surface area contributed by atoms with Gasteiger partial charge in [0, 0.05) is 14.5 Å². The maximum Gasteiger partial charge on any atom is 0.280 e. The van der Waals surface area contributed by atoms with Gasteiger partial charge in [0.2, 0.25) is 0 Å². The smallest absolute Gasteiger partial charge is 0.280 e. The van der Waals surface area contributed by atoms with E-state index in [0.717, 1.165) is 14.5 Å². The number of carbonyl (C=O) groups is 1. The van der Waals surface area contributed by atoms with Crippen LogP contribution in [0.15, 0.2) is 56.5 Å². The van der Waals surface area contributed by atoms with Crippen molar-refractivity contribution >= 4 is 44.0 Å². The standard InChI is InChI=1S/C17H16Br2N2O3/c1-11(24-14-5-3-13(18)4-6-14)17(22)21-20-10-12-9-15(23-2)7-8-16(12)19/h3-11H,1-2H3,(H,21,22). The van der Waals surface area contributed by atoms with Gasteiger partial charge in [-0.15, -0.1) is 0 Å². The molecule has 5 nitrogen and oxygen atoms in total. The molecule has 2 aromatic rings. The molecule has 1 amide bonds. The Hall–Kier alpha value is -1.86. The Morgan fingerprint density at radius 1 is 1.17 bits per heavy atom. The summed E-state index contributed by atoms with van der Waals surface area (Å²) in [5.41, 5.74) is 3.25. The van der Waals surface area contributed by atoms with Crippen molar-refractivity contribution in [3.8, 4) is 11.5 Å². The molecule has 7 heteroatoms. The maximum absolute atomic E-state index is 12.0. The van der Waals surface area contributed by atoms with Gasteiger partial charge in [0.25, 0.3) is 5.91 Å². The molecule has 0 saturated heterocycles. The van der Waals surface area contributed by atoms with Crippen LogP contribution in [0.1, 0.15) is 12.5 Å². The van der Waals surface area contributed by atoms with E-state index in [2.05, 4.69) is 42.4 Å². The van der Waals surface area contributed by atoms with E-state index in [0.29, 0.717) is 11.5 Å². The second-order valence-corrected chi connectivity index (χ2v) is 6.61. The molecule has 0 saturated carbocycles. The number of carbonyl (C=O) groups excluding carboxylic acids is 1. The molecule has 1 unspecified atom stereocenters. The van der Waals surface area contributed by atoms with E-state index in [4.69, 9.17) is 9.47 Å². The third-order valence-electron chi connectivity index (χ3n) is 3.08. The molecule has 0 radical (unpaired) electrons. The van der Waals surface area contributed by atoms with Crippen molar-refractivity contribution in [2.75, 3.05) is 7.11 Å². The van der Waals surface area contributed by atoms with Crippen molar-refractivity contribution in [2.24, 2.45) is 5.10 Å². The van der Waals surface area contributed by atoms with Crippen LogP contribution in [0.4, 0.5) is 0 Å².